The number of hydrogen-bond donors (Lipinski definition) is 0. The summed E-state index contributed by atoms with van der Waals surface area (Å²) in [7, 11) is 1.78. The smallest absolute Gasteiger partial charge is 0.357 e. The molecule has 0 spiro atoms. The van der Waals surface area contributed by atoms with E-state index in [0.29, 0.717) is 0 Å². The molecule has 0 unspecified atom stereocenters. The van der Waals surface area contributed by atoms with Crippen LogP contribution in [0.2, 0.25) is 0 Å². The van der Waals surface area contributed by atoms with Crippen LogP contribution in [0.25, 0.3) is 0 Å². The van der Waals surface area contributed by atoms with E-state index in [9.17, 15) is 0 Å². The molecular weight excluding hydrogens is 382 g/mol. The quantitative estimate of drug-likeness (QED) is 0.428. The molecule has 0 saturated heterocycles. The number of benzene rings is 1. The van der Waals surface area contributed by atoms with E-state index in [4.69, 9.17) is 4.43 Å². The molecule has 0 aliphatic heterocycles. The molecule has 1 rings (SSSR count). The highest BCUT2D eigenvalue weighted by Crippen LogP contribution is 2.21. The third-order valence-electron chi connectivity index (χ3n) is 1.37. The lowest BCUT2D eigenvalue weighted by Gasteiger charge is -2.14. The van der Waals surface area contributed by atoms with Crippen LogP contribution in [0, 0.1) is 0 Å². The van der Waals surface area contributed by atoms with E-state index < -0.39 is 3.31 Å². The van der Waals surface area contributed by atoms with Gasteiger partial charge in [0.15, 0.2) is 0 Å². The second kappa shape index (κ2) is 4.20. The zero-order chi connectivity index (χ0) is 8.32. The molecular formula is C7H8I2OSi. The number of halogens is 2. The summed E-state index contributed by atoms with van der Waals surface area (Å²) in [6.07, 6.45) is 0. The van der Waals surface area contributed by atoms with E-state index in [2.05, 4.69) is 55.7 Å². The first-order chi connectivity index (χ1) is 5.17. The molecule has 0 radical (unpaired) electrons. The van der Waals surface area contributed by atoms with E-state index in [1.165, 1.54) is 5.19 Å². The van der Waals surface area contributed by atoms with Gasteiger partial charge in [-0.05, 0) is 5.19 Å². The summed E-state index contributed by atoms with van der Waals surface area (Å²) >= 11 is 4.82. The minimum atomic E-state index is -1.61. The zero-order valence-electron chi connectivity index (χ0n) is 6.05. The highest BCUT2D eigenvalue weighted by atomic mass is 127. The maximum Gasteiger partial charge on any atom is 0.357 e. The predicted octanol–water partition coefficient (Wildman–Crippen LogP) is 2.35. The third-order valence-corrected chi connectivity index (χ3v) is 9.26. The fraction of sp³-hybridized carbons (Fsp3) is 0.143. The van der Waals surface area contributed by atoms with Crippen LogP contribution in [0.15, 0.2) is 30.3 Å². The van der Waals surface area contributed by atoms with Crippen molar-refractivity contribution in [1.82, 2.24) is 0 Å². The van der Waals surface area contributed by atoms with Gasteiger partial charge in [0.1, 0.15) is 0 Å². The highest BCUT2D eigenvalue weighted by molar-refractivity contribution is 14.3. The summed E-state index contributed by atoms with van der Waals surface area (Å²) in [6, 6.07) is 10.4. The first kappa shape index (κ1) is 9.94. The molecule has 1 aromatic rings. The Labute approximate surface area is 93.1 Å². The van der Waals surface area contributed by atoms with Gasteiger partial charge in [-0.15, -0.1) is 0 Å². The topological polar surface area (TPSA) is 9.23 Å². The molecule has 60 valence electrons. The van der Waals surface area contributed by atoms with E-state index in [1.54, 1.807) is 7.11 Å². The first-order valence-electron chi connectivity index (χ1n) is 3.15. The van der Waals surface area contributed by atoms with Gasteiger partial charge in [0, 0.05) is 7.11 Å². The first-order valence-corrected chi connectivity index (χ1v) is 11.3. The molecule has 4 heteroatoms. The summed E-state index contributed by atoms with van der Waals surface area (Å²) in [5.41, 5.74) is 0. The average molecular weight is 390 g/mol. The minimum absolute atomic E-state index is 1.32. The van der Waals surface area contributed by atoms with E-state index in [-0.39, 0.29) is 0 Å². The number of hydrogen-bond acceptors (Lipinski definition) is 1. The van der Waals surface area contributed by atoms with Gasteiger partial charge >= 0.3 is 3.31 Å². The molecule has 0 bridgehead atoms. The molecule has 0 fully saturated rings. The molecule has 0 atom stereocenters. The highest BCUT2D eigenvalue weighted by Gasteiger charge is 2.28. The molecule has 0 aliphatic carbocycles. The second-order valence-electron chi connectivity index (χ2n) is 2.09. The molecule has 0 N–H and O–H groups in total. The fourth-order valence-corrected chi connectivity index (χ4v) is 3.72. The van der Waals surface area contributed by atoms with Crippen LogP contribution in [0.4, 0.5) is 0 Å². The average Bonchev–Trinajstić information content (AvgIpc) is 2.06. The maximum absolute atomic E-state index is 5.44. The summed E-state index contributed by atoms with van der Waals surface area (Å²) in [5, 5.41) is 1.32. The second-order valence-corrected chi connectivity index (χ2v) is 19.4. The lowest BCUT2D eigenvalue weighted by molar-refractivity contribution is 0.445. The van der Waals surface area contributed by atoms with Gasteiger partial charge in [-0.1, -0.05) is 73.9 Å². The molecule has 0 amide bonds. The van der Waals surface area contributed by atoms with Gasteiger partial charge in [-0.3, -0.25) is 0 Å². The molecule has 0 aromatic heterocycles. The molecule has 1 aromatic carbocycles. The normalized spacial score (nSPS) is 11.5. The SMILES string of the molecule is CO[Si](I)(I)c1ccccc1. The fourth-order valence-electron chi connectivity index (χ4n) is 0.750. The molecule has 0 aliphatic rings. The monoisotopic (exact) mass is 390 g/mol. The van der Waals surface area contributed by atoms with Crippen molar-refractivity contribution in [1.29, 1.82) is 0 Å². The summed E-state index contributed by atoms with van der Waals surface area (Å²) in [4.78, 5) is 0. The third kappa shape index (κ3) is 2.67. The molecule has 11 heavy (non-hydrogen) atoms. The predicted molar refractivity (Wildman–Crippen MR) is 66.9 cm³/mol. The van der Waals surface area contributed by atoms with Gasteiger partial charge < -0.3 is 4.43 Å². The summed E-state index contributed by atoms with van der Waals surface area (Å²) in [5.74, 6) is 0. The van der Waals surface area contributed by atoms with Gasteiger partial charge in [0.25, 0.3) is 0 Å². The van der Waals surface area contributed by atoms with Crippen molar-refractivity contribution in [3.63, 3.8) is 0 Å². The van der Waals surface area contributed by atoms with Gasteiger partial charge in [0.2, 0.25) is 0 Å². The number of rotatable bonds is 2. The Bertz CT molecular complexity index is 225. The molecule has 0 heterocycles. The van der Waals surface area contributed by atoms with Gasteiger partial charge in [0.05, 0.1) is 0 Å². The Balaban J connectivity index is 2.93. The van der Waals surface area contributed by atoms with Crippen molar-refractivity contribution in [2.24, 2.45) is 0 Å². The molecule has 0 saturated carbocycles. The van der Waals surface area contributed by atoms with Crippen LogP contribution in [0.1, 0.15) is 0 Å². The minimum Gasteiger partial charge on any atom is -0.400 e. The van der Waals surface area contributed by atoms with Crippen LogP contribution < -0.4 is 5.19 Å². The van der Waals surface area contributed by atoms with Crippen LogP contribution in [0.5, 0.6) is 0 Å². The Hall–Kier alpha value is 0.857. The van der Waals surface area contributed by atoms with E-state index in [1.807, 2.05) is 18.2 Å². The van der Waals surface area contributed by atoms with Crippen molar-refractivity contribution in [2.45, 2.75) is 0 Å². The summed E-state index contributed by atoms with van der Waals surface area (Å²) < 4.78 is 3.82. The van der Waals surface area contributed by atoms with Gasteiger partial charge in [-0.25, -0.2) is 0 Å². The lowest BCUT2D eigenvalue weighted by atomic mass is 10.4. The maximum atomic E-state index is 5.44. The van der Waals surface area contributed by atoms with Crippen LogP contribution in [-0.2, 0) is 4.43 Å². The van der Waals surface area contributed by atoms with Crippen molar-refractivity contribution in [3.05, 3.63) is 30.3 Å². The van der Waals surface area contributed by atoms with Crippen LogP contribution >= 0.6 is 43.6 Å². The lowest BCUT2D eigenvalue weighted by Crippen LogP contribution is -2.36. The Morgan fingerprint density at radius 2 is 1.73 bits per heavy atom. The Morgan fingerprint density at radius 1 is 1.18 bits per heavy atom. The van der Waals surface area contributed by atoms with Crippen molar-refractivity contribution in [2.75, 3.05) is 7.11 Å². The van der Waals surface area contributed by atoms with Crippen LogP contribution in [-0.4, -0.2) is 10.4 Å². The van der Waals surface area contributed by atoms with E-state index >= 15 is 0 Å². The van der Waals surface area contributed by atoms with Crippen molar-refractivity contribution in [3.8, 4) is 0 Å². The van der Waals surface area contributed by atoms with Crippen LogP contribution in [0.3, 0.4) is 0 Å². The molecule has 1 nitrogen and oxygen atoms in total. The largest absolute Gasteiger partial charge is 0.400 e. The van der Waals surface area contributed by atoms with E-state index in [0.717, 1.165) is 0 Å². The standard InChI is InChI=1S/C7H8I2OSi/c1-10-11(8,9)7-5-3-2-4-6-7/h2-6H,1H3. The Morgan fingerprint density at radius 3 is 2.18 bits per heavy atom. The van der Waals surface area contributed by atoms with Crippen molar-refractivity contribution < 1.29 is 4.43 Å². The zero-order valence-corrected chi connectivity index (χ0v) is 11.4. The summed E-state index contributed by atoms with van der Waals surface area (Å²) in [6.45, 7) is 0. The van der Waals surface area contributed by atoms with Crippen molar-refractivity contribution >= 4 is 52.1 Å². The Kier molecular flexibility index (Phi) is 3.79. The van der Waals surface area contributed by atoms with Gasteiger partial charge in [-0.2, -0.15) is 0 Å².